The molecule has 11 atom stereocenters. The maximum Gasteiger partial charge on any atom is 0.211 e. The molecule has 0 spiro atoms. The van der Waals surface area contributed by atoms with Crippen molar-refractivity contribution in [3.8, 4) is 5.75 Å². The molecule has 2 unspecified atom stereocenters. The fourth-order valence-electron chi connectivity index (χ4n) is 12.9. The van der Waals surface area contributed by atoms with Gasteiger partial charge in [-0.2, -0.15) is 0 Å². The van der Waals surface area contributed by atoms with Crippen molar-refractivity contribution in [1.29, 1.82) is 0 Å². The molecule has 8 aliphatic rings. The number of ether oxygens (including phenoxy) is 2. The van der Waals surface area contributed by atoms with Gasteiger partial charge in [0.15, 0.2) is 0 Å². The zero-order valence-electron chi connectivity index (χ0n) is 28.9. The smallest absolute Gasteiger partial charge is 0.211 e. The minimum absolute atomic E-state index is 0.271. The van der Waals surface area contributed by atoms with Crippen LogP contribution in [0, 0.1) is 29.6 Å². The summed E-state index contributed by atoms with van der Waals surface area (Å²) in [5.74, 6) is 2.52. The van der Waals surface area contributed by atoms with E-state index < -0.39 is 5.79 Å². The summed E-state index contributed by atoms with van der Waals surface area (Å²) in [5.41, 5.74) is 11.8. The number of fused-ring (bicyclic) bond motifs is 16. The third-order valence-electron chi connectivity index (χ3n) is 15.1. The zero-order chi connectivity index (χ0) is 32.4. The molecule has 10 heterocycles. The number of rotatable bonds is 1. The van der Waals surface area contributed by atoms with Gasteiger partial charge in [-0.3, -0.25) is 9.80 Å². The van der Waals surface area contributed by atoms with Gasteiger partial charge in [0.2, 0.25) is 5.79 Å². The van der Waals surface area contributed by atoms with Crippen LogP contribution in [0.15, 0.2) is 48.0 Å². The molecule has 250 valence electrons. The Balaban J connectivity index is 1.02. The number of aliphatic hydroxyl groups is 1. The van der Waals surface area contributed by atoms with Gasteiger partial charge in [-0.05, 0) is 87.2 Å². The number of aliphatic hydroxyl groups excluding tert-OH is 1. The van der Waals surface area contributed by atoms with E-state index in [1.807, 2.05) is 0 Å². The van der Waals surface area contributed by atoms with Crippen molar-refractivity contribution in [1.82, 2.24) is 18.9 Å². The van der Waals surface area contributed by atoms with Crippen LogP contribution in [-0.2, 0) is 38.1 Å². The molecule has 4 aromatic rings. The number of hydrogen-bond acceptors (Lipinski definition) is 5. The summed E-state index contributed by atoms with van der Waals surface area (Å²) in [6, 6.07) is 15.2. The highest BCUT2D eigenvalue weighted by molar-refractivity contribution is 5.92. The highest BCUT2D eigenvalue weighted by atomic mass is 16.7. The number of likely N-dealkylation sites (N-methyl/N-ethyl adjacent to an activating group) is 1. The molecule has 7 heteroatoms. The zero-order valence-corrected chi connectivity index (χ0v) is 28.9. The normalized spacial score (nSPS) is 39.9. The average Bonchev–Trinajstić information content (AvgIpc) is 3.53. The van der Waals surface area contributed by atoms with Crippen LogP contribution in [0.1, 0.15) is 66.9 Å². The third kappa shape index (κ3) is 3.35. The van der Waals surface area contributed by atoms with Crippen molar-refractivity contribution in [2.75, 3.05) is 26.8 Å². The quantitative estimate of drug-likeness (QED) is 0.256. The van der Waals surface area contributed by atoms with Crippen molar-refractivity contribution in [2.45, 2.75) is 75.9 Å². The van der Waals surface area contributed by atoms with E-state index in [0.29, 0.717) is 53.8 Å². The van der Waals surface area contributed by atoms with Crippen LogP contribution >= 0.6 is 0 Å². The van der Waals surface area contributed by atoms with E-state index in [1.165, 1.54) is 49.9 Å². The molecular weight excluding hydrogens is 596 g/mol. The van der Waals surface area contributed by atoms with Gasteiger partial charge >= 0.3 is 0 Å². The number of aromatic nitrogens is 2. The number of nitrogens with zero attached hydrogens (tertiary/aromatic N) is 4. The Morgan fingerprint density at radius 3 is 2.50 bits per heavy atom. The van der Waals surface area contributed by atoms with Crippen LogP contribution in [0.25, 0.3) is 21.8 Å². The molecule has 48 heavy (non-hydrogen) atoms. The Morgan fingerprint density at radius 2 is 1.67 bits per heavy atom. The Hall–Kier alpha value is -3.10. The van der Waals surface area contributed by atoms with Crippen molar-refractivity contribution in [3.63, 3.8) is 0 Å². The number of piperidine rings is 4. The van der Waals surface area contributed by atoms with Gasteiger partial charge in [0.05, 0.1) is 18.7 Å². The maximum atomic E-state index is 10.7. The number of hydrogen-bond donors (Lipinski definition) is 1. The van der Waals surface area contributed by atoms with Gasteiger partial charge in [0, 0.05) is 103 Å². The van der Waals surface area contributed by atoms with Gasteiger partial charge < -0.3 is 23.7 Å². The second-order valence-electron chi connectivity index (χ2n) is 16.6. The molecule has 12 rings (SSSR count). The van der Waals surface area contributed by atoms with Crippen molar-refractivity contribution in [2.24, 2.45) is 43.7 Å². The van der Waals surface area contributed by atoms with E-state index in [2.05, 4.69) is 96.4 Å². The summed E-state index contributed by atoms with van der Waals surface area (Å²) >= 11 is 0. The fraction of sp³-hybridized carbons (Fsp3) is 0.561. The van der Waals surface area contributed by atoms with Crippen LogP contribution < -0.4 is 4.74 Å². The lowest BCUT2D eigenvalue weighted by Crippen LogP contribution is -2.64. The van der Waals surface area contributed by atoms with Crippen LogP contribution in [0.4, 0.5) is 0 Å². The number of allylic oxidation sites excluding steroid dienone is 1. The van der Waals surface area contributed by atoms with Crippen molar-refractivity contribution in [3.05, 3.63) is 76.1 Å². The van der Waals surface area contributed by atoms with Crippen molar-refractivity contribution < 1.29 is 14.6 Å². The summed E-state index contributed by atoms with van der Waals surface area (Å²) in [7, 11) is 6.94. The molecule has 5 saturated heterocycles. The summed E-state index contributed by atoms with van der Waals surface area (Å²) in [6.07, 6.45) is 7.68. The lowest BCUT2D eigenvalue weighted by Gasteiger charge is -2.59. The van der Waals surface area contributed by atoms with Gasteiger partial charge in [-0.1, -0.05) is 29.8 Å². The minimum Gasteiger partial charge on any atom is -0.462 e. The first-order chi connectivity index (χ1) is 23.3. The highest BCUT2D eigenvalue weighted by Crippen LogP contribution is 2.59. The first kappa shape index (κ1) is 28.7. The molecule has 1 N–H and O–H groups in total. The summed E-state index contributed by atoms with van der Waals surface area (Å²) in [6.45, 7) is 6.49. The van der Waals surface area contributed by atoms with Gasteiger partial charge in [0.1, 0.15) is 5.75 Å². The van der Waals surface area contributed by atoms with Gasteiger partial charge in [-0.15, -0.1) is 0 Å². The predicted molar refractivity (Wildman–Crippen MR) is 187 cm³/mol. The lowest BCUT2D eigenvalue weighted by atomic mass is 9.61. The van der Waals surface area contributed by atoms with Gasteiger partial charge in [-0.25, -0.2) is 0 Å². The molecule has 6 bridgehead atoms. The summed E-state index contributed by atoms with van der Waals surface area (Å²) in [4.78, 5) is 5.42. The highest BCUT2D eigenvalue weighted by Gasteiger charge is 2.59. The molecule has 0 radical (unpaired) electrons. The molecular formula is C41H48N4O3. The standard InChI is InChI=1S/C41H48N4O3/c1-6-21-18-45-34-17-27-38-26-13-30-24-15-35-39-25(22-9-7-8-10-31(22)43(39)4)16-33(42(35)3)29(24)20-47-41(30,2)48-37(26)12-11-32(38)44(5)40(27)36(45)14-23(21)28(34)19-46/h6-12,23-24,28-30,33-36,46H,13-20H2,1-5H3/b21-6-/t23-,24+,28?,29+,30-,33+,34-,35+,36-,41-/m0/s1. The van der Waals surface area contributed by atoms with E-state index in [-0.39, 0.29) is 6.61 Å². The maximum absolute atomic E-state index is 10.7. The first-order valence-corrected chi connectivity index (χ1v) is 18.6. The fourth-order valence-corrected chi connectivity index (χ4v) is 12.9. The monoisotopic (exact) mass is 644 g/mol. The predicted octanol–water partition coefficient (Wildman–Crippen LogP) is 6.06. The second-order valence-corrected chi connectivity index (χ2v) is 16.6. The molecule has 0 saturated carbocycles. The second kappa shape index (κ2) is 9.57. The molecule has 5 fully saturated rings. The van der Waals surface area contributed by atoms with E-state index in [4.69, 9.17) is 9.47 Å². The van der Waals surface area contributed by atoms with E-state index in [9.17, 15) is 5.11 Å². The molecule has 2 aromatic carbocycles. The number of aryl methyl sites for hydroxylation is 2. The molecule has 0 aliphatic carbocycles. The van der Waals surface area contributed by atoms with Crippen LogP contribution in [0.5, 0.6) is 5.75 Å². The third-order valence-corrected chi connectivity index (χ3v) is 15.1. The molecule has 8 aliphatic heterocycles. The SMILES string of the molecule is C/C=C1/CN2[C@H]3C[C@@H]1C(CO)[C@@H]2Cc1c3n(C)c2ccc3c(c12)C[C@H]1[C@@H]2C[C@@H]4c5c(c6ccccc6n5C)C[C@H]([C@@H]2CO[C@@]1(C)O3)N4C. The Morgan fingerprint density at radius 1 is 0.875 bits per heavy atom. The Bertz CT molecular complexity index is 2070. The van der Waals surface area contributed by atoms with Crippen LogP contribution in [0.3, 0.4) is 0 Å². The number of benzene rings is 2. The average molecular weight is 645 g/mol. The Kier molecular flexibility index (Phi) is 5.72. The lowest BCUT2D eigenvalue weighted by molar-refractivity contribution is -0.280. The van der Waals surface area contributed by atoms with Crippen molar-refractivity contribution >= 4 is 21.8 Å². The van der Waals surface area contributed by atoms with E-state index in [1.54, 1.807) is 5.56 Å². The van der Waals surface area contributed by atoms with E-state index in [0.717, 1.165) is 51.0 Å². The van der Waals surface area contributed by atoms with Crippen LogP contribution in [0.2, 0.25) is 0 Å². The minimum atomic E-state index is -0.616. The van der Waals surface area contributed by atoms with Crippen LogP contribution in [-0.4, -0.2) is 68.7 Å². The van der Waals surface area contributed by atoms with E-state index >= 15 is 0 Å². The largest absolute Gasteiger partial charge is 0.462 e. The topological polar surface area (TPSA) is 55.0 Å². The number of para-hydroxylation sites is 1. The molecule has 7 nitrogen and oxygen atoms in total. The Labute approximate surface area is 283 Å². The summed E-state index contributed by atoms with van der Waals surface area (Å²) < 4.78 is 19.0. The first-order valence-electron chi connectivity index (χ1n) is 18.6. The molecule has 2 aromatic heterocycles. The molecule has 0 amide bonds. The van der Waals surface area contributed by atoms with Gasteiger partial charge in [0.25, 0.3) is 0 Å². The summed E-state index contributed by atoms with van der Waals surface area (Å²) in [5, 5.41) is 13.5.